The molecule has 0 radical (unpaired) electrons. The lowest BCUT2D eigenvalue weighted by molar-refractivity contribution is -0.116. The van der Waals surface area contributed by atoms with Gasteiger partial charge < -0.3 is 10.6 Å². The second-order valence-electron chi connectivity index (χ2n) is 3.17. The van der Waals surface area contributed by atoms with Crippen LogP contribution in [0.15, 0.2) is 16.6 Å². The largest absolute Gasteiger partial charge is 0.372 e. The molecule has 0 saturated heterocycles. The Kier molecular flexibility index (Phi) is 2.19. The lowest BCUT2D eigenvalue weighted by Gasteiger charge is -2.24. The summed E-state index contributed by atoms with van der Waals surface area (Å²) in [6.07, 6.45) is 0. The molecular formula is C9H8BrFN2O. The lowest BCUT2D eigenvalue weighted by Crippen LogP contribution is -2.36. The van der Waals surface area contributed by atoms with E-state index in [4.69, 9.17) is 0 Å². The third-order valence-electron chi connectivity index (χ3n) is 2.08. The first-order valence-corrected chi connectivity index (χ1v) is 4.93. The van der Waals surface area contributed by atoms with Gasteiger partial charge in [0.25, 0.3) is 0 Å². The Hall–Kier alpha value is -1.10. The SMILES string of the molecule is CC1Nc2cc(F)c(Br)cc2NC1=O. The fourth-order valence-electron chi connectivity index (χ4n) is 1.31. The van der Waals surface area contributed by atoms with Crippen molar-refractivity contribution in [3.63, 3.8) is 0 Å². The highest BCUT2D eigenvalue weighted by Gasteiger charge is 2.22. The van der Waals surface area contributed by atoms with Gasteiger partial charge >= 0.3 is 0 Å². The normalized spacial score (nSPS) is 19.6. The van der Waals surface area contributed by atoms with Crippen molar-refractivity contribution in [2.75, 3.05) is 10.6 Å². The van der Waals surface area contributed by atoms with Gasteiger partial charge in [0.1, 0.15) is 11.9 Å². The molecule has 0 aromatic heterocycles. The van der Waals surface area contributed by atoms with Crippen molar-refractivity contribution in [1.29, 1.82) is 0 Å². The van der Waals surface area contributed by atoms with Crippen LogP contribution in [0.2, 0.25) is 0 Å². The summed E-state index contributed by atoms with van der Waals surface area (Å²) < 4.78 is 13.5. The fraction of sp³-hybridized carbons (Fsp3) is 0.222. The number of anilines is 2. The molecule has 0 aliphatic carbocycles. The summed E-state index contributed by atoms with van der Waals surface area (Å²) in [5, 5.41) is 5.58. The van der Waals surface area contributed by atoms with Gasteiger partial charge in [-0.1, -0.05) is 0 Å². The van der Waals surface area contributed by atoms with Gasteiger partial charge in [-0.15, -0.1) is 0 Å². The van der Waals surface area contributed by atoms with Gasteiger partial charge in [0, 0.05) is 6.07 Å². The van der Waals surface area contributed by atoms with Gasteiger partial charge in [-0.3, -0.25) is 4.79 Å². The minimum Gasteiger partial charge on any atom is -0.372 e. The number of fused-ring (bicyclic) bond motifs is 1. The average molecular weight is 259 g/mol. The number of halogens is 2. The Bertz CT molecular complexity index is 408. The van der Waals surface area contributed by atoms with E-state index in [1.807, 2.05) is 0 Å². The summed E-state index contributed by atoms with van der Waals surface area (Å²) in [5.74, 6) is -0.462. The van der Waals surface area contributed by atoms with Crippen molar-refractivity contribution in [3.8, 4) is 0 Å². The highest BCUT2D eigenvalue weighted by Crippen LogP contribution is 2.31. The third-order valence-corrected chi connectivity index (χ3v) is 2.69. The molecule has 1 atom stereocenters. The summed E-state index contributed by atoms with van der Waals surface area (Å²) >= 11 is 3.06. The number of hydrogen-bond donors (Lipinski definition) is 2. The molecule has 1 aromatic carbocycles. The van der Waals surface area contributed by atoms with Crippen LogP contribution >= 0.6 is 15.9 Å². The number of nitrogens with one attached hydrogen (secondary N) is 2. The first kappa shape index (κ1) is 9.45. The fourth-order valence-corrected chi connectivity index (χ4v) is 1.65. The minimum atomic E-state index is -0.348. The van der Waals surface area contributed by atoms with Crippen LogP contribution in [0, 0.1) is 5.82 Å². The van der Waals surface area contributed by atoms with Crippen LogP contribution < -0.4 is 10.6 Å². The molecule has 14 heavy (non-hydrogen) atoms. The maximum absolute atomic E-state index is 13.1. The van der Waals surface area contributed by atoms with Crippen LogP contribution in [0.3, 0.4) is 0 Å². The highest BCUT2D eigenvalue weighted by atomic mass is 79.9. The predicted octanol–water partition coefficient (Wildman–Crippen LogP) is 2.34. The third kappa shape index (κ3) is 1.48. The lowest BCUT2D eigenvalue weighted by atomic mass is 10.1. The van der Waals surface area contributed by atoms with Gasteiger partial charge in [-0.2, -0.15) is 0 Å². The standard InChI is InChI=1S/C9H8BrFN2O/c1-4-9(14)13-7-2-5(10)6(11)3-8(7)12-4/h2-4,12H,1H3,(H,13,14). The molecule has 1 aliphatic rings. The van der Waals surface area contributed by atoms with Gasteiger partial charge in [0.05, 0.1) is 15.8 Å². The first-order valence-electron chi connectivity index (χ1n) is 4.14. The average Bonchev–Trinajstić information content (AvgIpc) is 2.11. The summed E-state index contributed by atoms with van der Waals surface area (Å²) in [7, 11) is 0. The van der Waals surface area contributed by atoms with Crippen LogP contribution in [0.5, 0.6) is 0 Å². The van der Waals surface area contributed by atoms with E-state index in [-0.39, 0.29) is 17.8 Å². The van der Waals surface area contributed by atoms with Crippen molar-refractivity contribution >= 4 is 33.2 Å². The second-order valence-corrected chi connectivity index (χ2v) is 4.02. The quantitative estimate of drug-likeness (QED) is 0.750. The molecule has 2 rings (SSSR count). The van der Waals surface area contributed by atoms with E-state index >= 15 is 0 Å². The monoisotopic (exact) mass is 258 g/mol. The van der Waals surface area contributed by atoms with Crippen LogP contribution in [-0.4, -0.2) is 11.9 Å². The zero-order valence-electron chi connectivity index (χ0n) is 7.40. The molecule has 3 nitrogen and oxygen atoms in total. The zero-order chi connectivity index (χ0) is 10.3. The molecular weight excluding hydrogens is 251 g/mol. The molecule has 2 N–H and O–H groups in total. The minimum absolute atomic E-state index is 0.115. The van der Waals surface area contributed by atoms with Crippen molar-refractivity contribution in [1.82, 2.24) is 0 Å². The van der Waals surface area contributed by atoms with E-state index in [0.717, 1.165) is 0 Å². The van der Waals surface area contributed by atoms with Crippen LogP contribution in [0.4, 0.5) is 15.8 Å². The van der Waals surface area contributed by atoms with Gasteiger partial charge in [-0.25, -0.2) is 4.39 Å². The Morgan fingerprint density at radius 3 is 2.86 bits per heavy atom. The molecule has 1 amide bonds. The number of rotatable bonds is 0. The van der Waals surface area contributed by atoms with E-state index in [2.05, 4.69) is 26.6 Å². The highest BCUT2D eigenvalue weighted by molar-refractivity contribution is 9.10. The number of amides is 1. The Morgan fingerprint density at radius 2 is 2.14 bits per heavy atom. The molecule has 0 bridgehead atoms. The Morgan fingerprint density at radius 1 is 1.43 bits per heavy atom. The number of benzene rings is 1. The Balaban J connectivity index is 2.47. The maximum Gasteiger partial charge on any atom is 0.246 e. The molecule has 0 fully saturated rings. The summed E-state index contributed by atoms with van der Waals surface area (Å²) in [6, 6.07) is 2.57. The van der Waals surface area contributed by atoms with Crippen molar-refractivity contribution < 1.29 is 9.18 Å². The van der Waals surface area contributed by atoms with Crippen LogP contribution in [0.1, 0.15) is 6.92 Å². The van der Waals surface area contributed by atoms with Gasteiger partial charge in [0.2, 0.25) is 5.91 Å². The van der Waals surface area contributed by atoms with E-state index in [9.17, 15) is 9.18 Å². The molecule has 74 valence electrons. The van der Waals surface area contributed by atoms with Crippen molar-refractivity contribution in [3.05, 3.63) is 22.4 Å². The molecule has 0 saturated carbocycles. The van der Waals surface area contributed by atoms with Crippen LogP contribution in [-0.2, 0) is 4.79 Å². The van der Waals surface area contributed by atoms with E-state index in [1.54, 1.807) is 13.0 Å². The molecule has 1 heterocycles. The van der Waals surface area contributed by atoms with Crippen molar-refractivity contribution in [2.24, 2.45) is 0 Å². The smallest absolute Gasteiger partial charge is 0.246 e. The molecule has 0 spiro atoms. The molecule has 1 aromatic rings. The number of hydrogen-bond acceptors (Lipinski definition) is 2. The summed E-state index contributed by atoms with van der Waals surface area (Å²) in [6.45, 7) is 1.72. The topological polar surface area (TPSA) is 41.1 Å². The summed E-state index contributed by atoms with van der Waals surface area (Å²) in [5.41, 5.74) is 1.21. The van der Waals surface area contributed by atoms with Crippen molar-refractivity contribution in [2.45, 2.75) is 13.0 Å². The Labute approximate surface area is 88.8 Å². The van der Waals surface area contributed by atoms with Gasteiger partial charge in [0.15, 0.2) is 0 Å². The number of carbonyl (C=O) groups is 1. The second kappa shape index (κ2) is 3.24. The summed E-state index contributed by atoms with van der Waals surface area (Å²) in [4.78, 5) is 11.3. The van der Waals surface area contributed by atoms with E-state index in [1.165, 1.54) is 6.07 Å². The number of carbonyl (C=O) groups excluding carboxylic acids is 1. The van der Waals surface area contributed by atoms with E-state index in [0.29, 0.717) is 15.8 Å². The zero-order valence-corrected chi connectivity index (χ0v) is 8.98. The molecule has 1 aliphatic heterocycles. The van der Waals surface area contributed by atoms with E-state index < -0.39 is 0 Å². The first-order chi connectivity index (χ1) is 6.58. The molecule has 5 heteroatoms. The molecule has 1 unspecified atom stereocenters. The van der Waals surface area contributed by atoms with Crippen LogP contribution in [0.25, 0.3) is 0 Å². The maximum atomic E-state index is 13.1. The van der Waals surface area contributed by atoms with Gasteiger partial charge in [-0.05, 0) is 28.9 Å². The predicted molar refractivity (Wildman–Crippen MR) is 55.8 cm³/mol.